The first kappa shape index (κ1) is 8.61. The summed E-state index contributed by atoms with van der Waals surface area (Å²) in [5.74, 6) is -0.0913. The fourth-order valence-corrected chi connectivity index (χ4v) is 0.710. The third-order valence-electron chi connectivity index (χ3n) is 1.27. The third-order valence-corrected chi connectivity index (χ3v) is 1.27. The second-order valence-corrected chi connectivity index (χ2v) is 2.31. The number of aliphatic hydroxyl groups is 1. The summed E-state index contributed by atoms with van der Waals surface area (Å²) in [5, 5.41) is 8.64. The lowest BCUT2D eigenvalue weighted by molar-refractivity contribution is -0.117. The SMILES string of the molecule is NC(=O)Cc1ncc(CO)cn1. The van der Waals surface area contributed by atoms with Gasteiger partial charge in [-0.1, -0.05) is 0 Å². The van der Waals surface area contributed by atoms with Crippen LogP contribution in [0, 0.1) is 0 Å². The van der Waals surface area contributed by atoms with E-state index in [4.69, 9.17) is 10.8 Å². The first-order chi connectivity index (χ1) is 5.72. The van der Waals surface area contributed by atoms with Gasteiger partial charge in [-0.05, 0) is 0 Å². The van der Waals surface area contributed by atoms with Gasteiger partial charge in [-0.25, -0.2) is 9.97 Å². The Morgan fingerprint density at radius 3 is 2.50 bits per heavy atom. The number of aliphatic hydroxyl groups excluding tert-OH is 1. The van der Waals surface area contributed by atoms with E-state index in [0.717, 1.165) is 0 Å². The average Bonchev–Trinajstić information content (AvgIpc) is 2.05. The number of hydrogen-bond acceptors (Lipinski definition) is 4. The molecule has 0 aromatic carbocycles. The van der Waals surface area contributed by atoms with Gasteiger partial charge in [-0.15, -0.1) is 0 Å². The van der Waals surface area contributed by atoms with Crippen molar-refractivity contribution in [3.8, 4) is 0 Å². The largest absolute Gasteiger partial charge is 0.392 e. The van der Waals surface area contributed by atoms with E-state index in [1.807, 2.05) is 0 Å². The highest BCUT2D eigenvalue weighted by Crippen LogP contribution is 1.95. The minimum Gasteiger partial charge on any atom is -0.392 e. The van der Waals surface area contributed by atoms with Crippen LogP contribution < -0.4 is 5.73 Å². The van der Waals surface area contributed by atoms with Gasteiger partial charge in [0, 0.05) is 18.0 Å². The second-order valence-electron chi connectivity index (χ2n) is 2.31. The van der Waals surface area contributed by atoms with E-state index in [-0.39, 0.29) is 13.0 Å². The molecule has 0 aliphatic carbocycles. The maximum atomic E-state index is 10.4. The average molecular weight is 167 g/mol. The van der Waals surface area contributed by atoms with Crippen LogP contribution in [-0.4, -0.2) is 21.0 Å². The summed E-state index contributed by atoms with van der Waals surface area (Å²) in [7, 11) is 0. The molecule has 0 unspecified atom stereocenters. The van der Waals surface area contributed by atoms with Crippen molar-refractivity contribution in [1.29, 1.82) is 0 Å². The Hall–Kier alpha value is -1.49. The van der Waals surface area contributed by atoms with Gasteiger partial charge < -0.3 is 10.8 Å². The van der Waals surface area contributed by atoms with Gasteiger partial charge >= 0.3 is 0 Å². The Morgan fingerprint density at radius 2 is 2.08 bits per heavy atom. The van der Waals surface area contributed by atoms with E-state index in [0.29, 0.717) is 11.4 Å². The lowest BCUT2D eigenvalue weighted by Crippen LogP contribution is -2.15. The number of primary amides is 1. The van der Waals surface area contributed by atoms with Crippen molar-refractivity contribution < 1.29 is 9.90 Å². The van der Waals surface area contributed by atoms with Crippen molar-refractivity contribution in [3.05, 3.63) is 23.8 Å². The molecule has 64 valence electrons. The van der Waals surface area contributed by atoms with E-state index < -0.39 is 5.91 Å². The van der Waals surface area contributed by atoms with E-state index >= 15 is 0 Å². The van der Waals surface area contributed by atoms with Gasteiger partial charge in [0.05, 0.1) is 13.0 Å². The Bertz CT molecular complexity index is 270. The standard InChI is InChI=1S/C7H9N3O2/c8-6(12)1-7-9-2-5(4-11)3-10-7/h2-3,11H,1,4H2,(H2,8,12). The summed E-state index contributed by atoms with van der Waals surface area (Å²) >= 11 is 0. The van der Waals surface area contributed by atoms with Crippen molar-refractivity contribution in [3.63, 3.8) is 0 Å². The number of nitrogens with two attached hydrogens (primary N) is 1. The zero-order valence-corrected chi connectivity index (χ0v) is 6.40. The van der Waals surface area contributed by atoms with Crippen LogP contribution in [0.5, 0.6) is 0 Å². The smallest absolute Gasteiger partial charge is 0.225 e. The molecule has 1 amide bonds. The molecule has 1 aromatic heterocycles. The molecule has 5 nitrogen and oxygen atoms in total. The van der Waals surface area contributed by atoms with E-state index in [9.17, 15) is 4.79 Å². The highest BCUT2D eigenvalue weighted by atomic mass is 16.3. The number of aromatic nitrogens is 2. The third kappa shape index (κ3) is 2.28. The molecule has 3 N–H and O–H groups in total. The summed E-state index contributed by atoms with van der Waals surface area (Å²) in [6.07, 6.45) is 2.96. The highest BCUT2D eigenvalue weighted by Gasteiger charge is 2.00. The maximum Gasteiger partial charge on any atom is 0.225 e. The van der Waals surface area contributed by atoms with Crippen LogP contribution >= 0.6 is 0 Å². The molecule has 0 aliphatic heterocycles. The first-order valence-electron chi connectivity index (χ1n) is 3.41. The lowest BCUT2D eigenvalue weighted by Gasteiger charge is -1.96. The van der Waals surface area contributed by atoms with Gasteiger partial charge in [-0.2, -0.15) is 0 Å². The molecule has 0 saturated heterocycles. The molecule has 0 aliphatic rings. The molecule has 1 rings (SSSR count). The van der Waals surface area contributed by atoms with Crippen LogP contribution in [0.4, 0.5) is 0 Å². The first-order valence-corrected chi connectivity index (χ1v) is 3.41. The fourth-order valence-electron chi connectivity index (χ4n) is 0.710. The summed E-state index contributed by atoms with van der Waals surface area (Å²) < 4.78 is 0. The zero-order chi connectivity index (χ0) is 8.97. The number of carbonyl (C=O) groups excluding carboxylic acids is 1. The van der Waals surface area contributed by atoms with Gasteiger partial charge in [0.2, 0.25) is 5.91 Å². The monoisotopic (exact) mass is 167 g/mol. The van der Waals surface area contributed by atoms with Crippen molar-refractivity contribution >= 4 is 5.91 Å². The zero-order valence-electron chi connectivity index (χ0n) is 6.40. The Balaban J connectivity index is 2.71. The molecule has 0 saturated carbocycles. The molecule has 0 atom stereocenters. The van der Waals surface area contributed by atoms with Crippen LogP contribution in [0.15, 0.2) is 12.4 Å². The summed E-state index contributed by atoms with van der Waals surface area (Å²) in [6.45, 7) is -0.100. The number of rotatable bonds is 3. The summed E-state index contributed by atoms with van der Waals surface area (Å²) in [4.78, 5) is 18.1. The quantitative estimate of drug-likeness (QED) is 0.604. The lowest BCUT2D eigenvalue weighted by atomic mass is 10.3. The molecule has 1 heterocycles. The normalized spacial score (nSPS) is 9.75. The van der Waals surface area contributed by atoms with Crippen molar-refractivity contribution in [2.24, 2.45) is 5.73 Å². The molecule has 0 bridgehead atoms. The predicted octanol–water partition coefficient (Wildman–Crippen LogP) is -1.00. The van der Waals surface area contributed by atoms with Crippen LogP contribution in [0.1, 0.15) is 11.4 Å². The molecular weight excluding hydrogens is 158 g/mol. The summed E-state index contributed by atoms with van der Waals surface area (Å²) in [5.41, 5.74) is 5.54. The molecule has 12 heavy (non-hydrogen) atoms. The van der Waals surface area contributed by atoms with E-state index in [1.54, 1.807) is 0 Å². The summed E-state index contributed by atoms with van der Waals surface area (Å²) in [6, 6.07) is 0. The number of hydrogen-bond donors (Lipinski definition) is 2. The van der Waals surface area contributed by atoms with Gasteiger partial charge in [0.25, 0.3) is 0 Å². The molecule has 0 radical (unpaired) electrons. The van der Waals surface area contributed by atoms with Crippen molar-refractivity contribution in [1.82, 2.24) is 9.97 Å². The van der Waals surface area contributed by atoms with Crippen LogP contribution in [0.2, 0.25) is 0 Å². The Morgan fingerprint density at radius 1 is 1.50 bits per heavy atom. The highest BCUT2D eigenvalue weighted by molar-refractivity contribution is 5.75. The van der Waals surface area contributed by atoms with Gasteiger partial charge in [0.15, 0.2) is 0 Å². The fraction of sp³-hybridized carbons (Fsp3) is 0.286. The van der Waals surface area contributed by atoms with E-state index in [2.05, 4.69) is 9.97 Å². The molecule has 0 fully saturated rings. The number of carbonyl (C=O) groups is 1. The molecule has 0 spiro atoms. The molecular formula is C7H9N3O2. The van der Waals surface area contributed by atoms with Crippen molar-refractivity contribution in [2.45, 2.75) is 13.0 Å². The van der Waals surface area contributed by atoms with E-state index in [1.165, 1.54) is 12.4 Å². The Labute approximate surface area is 69.3 Å². The van der Waals surface area contributed by atoms with Crippen LogP contribution in [0.25, 0.3) is 0 Å². The van der Waals surface area contributed by atoms with Crippen LogP contribution in [-0.2, 0) is 17.8 Å². The number of nitrogens with zero attached hydrogens (tertiary/aromatic N) is 2. The van der Waals surface area contributed by atoms with Gasteiger partial charge in [0.1, 0.15) is 5.82 Å². The second kappa shape index (κ2) is 3.77. The minimum atomic E-state index is -0.466. The molecule has 5 heteroatoms. The molecule has 1 aromatic rings. The van der Waals surface area contributed by atoms with Gasteiger partial charge in [-0.3, -0.25) is 4.79 Å². The van der Waals surface area contributed by atoms with Crippen LogP contribution in [0.3, 0.4) is 0 Å². The van der Waals surface area contributed by atoms with Crippen molar-refractivity contribution in [2.75, 3.05) is 0 Å². The topological polar surface area (TPSA) is 89.1 Å². The predicted molar refractivity (Wildman–Crippen MR) is 40.9 cm³/mol. The minimum absolute atomic E-state index is 0.0334. The Kier molecular flexibility index (Phi) is 2.71. The maximum absolute atomic E-state index is 10.4. The number of amides is 1.